The third kappa shape index (κ3) is 3.59. The van der Waals surface area contributed by atoms with E-state index in [2.05, 4.69) is 49.1 Å². The van der Waals surface area contributed by atoms with Gasteiger partial charge in [-0.2, -0.15) is 0 Å². The van der Waals surface area contributed by atoms with Crippen LogP contribution in [-0.2, 0) is 11.8 Å². The summed E-state index contributed by atoms with van der Waals surface area (Å²) in [5.74, 6) is 0.998. The number of aromatic hydroxyl groups is 1. The maximum Gasteiger partial charge on any atom is 0.115 e. The number of likely N-dealkylation sites (tertiary alicyclic amines) is 1. The van der Waals surface area contributed by atoms with Gasteiger partial charge >= 0.3 is 0 Å². The first-order valence-electron chi connectivity index (χ1n) is 8.64. The van der Waals surface area contributed by atoms with E-state index in [0.717, 1.165) is 26.1 Å². The maximum atomic E-state index is 9.36. The minimum atomic E-state index is 0.288. The number of rotatable bonds is 4. The zero-order chi connectivity index (χ0) is 16.3. The van der Waals surface area contributed by atoms with Gasteiger partial charge in [0.2, 0.25) is 0 Å². The molecule has 0 unspecified atom stereocenters. The summed E-state index contributed by atoms with van der Waals surface area (Å²) in [6.45, 7) is 8.22. The maximum absolute atomic E-state index is 9.36. The molecule has 2 nitrogen and oxygen atoms in total. The number of hydrogen-bond acceptors (Lipinski definition) is 2. The van der Waals surface area contributed by atoms with E-state index >= 15 is 0 Å². The zero-order valence-electron chi connectivity index (χ0n) is 14.2. The lowest BCUT2D eigenvalue weighted by molar-refractivity contribution is 0.112. The minimum Gasteiger partial charge on any atom is -0.508 e. The van der Waals surface area contributed by atoms with Crippen molar-refractivity contribution in [2.45, 2.75) is 32.1 Å². The average molecular weight is 309 g/mol. The Morgan fingerprint density at radius 3 is 2.43 bits per heavy atom. The Morgan fingerprint density at radius 2 is 1.78 bits per heavy atom. The number of phenolic OH excluding ortho intramolecular Hbond substituents is 1. The van der Waals surface area contributed by atoms with Crippen molar-refractivity contribution in [1.82, 2.24) is 4.90 Å². The van der Waals surface area contributed by atoms with E-state index in [1.807, 2.05) is 12.1 Å². The summed E-state index contributed by atoms with van der Waals surface area (Å²) in [6.07, 6.45) is 2.27. The molecule has 0 spiro atoms. The van der Waals surface area contributed by atoms with E-state index in [9.17, 15) is 5.11 Å². The molecule has 0 aliphatic carbocycles. The van der Waals surface area contributed by atoms with Gasteiger partial charge in [-0.3, -0.25) is 0 Å². The molecule has 0 radical (unpaired) electrons. The molecular formula is C21H27NO. The van der Waals surface area contributed by atoms with Crippen molar-refractivity contribution in [3.8, 4) is 5.75 Å². The number of nitrogens with zero attached hydrogens (tertiary/aromatic N) is 1. The van der Waals surface area contributed by atoms with Crippen molar-refractivity contribution in [3.63, 3.8) is 0 Å². The first-order chi connectivity index (χ1) is 11.1. The quantitative estimate of drug-likeness (QED) is 0.913. The van der Waals surface area contributed by atoms with Crippen molar-refractivity contribution in [3.05, 3.63) is 65.7 Å². The first-order valence-corrected chi connectivity index (χ1v) is 8.64. The molecule has 1 N–H and O–H groups in total. The van der Waals surface area contributed by atoms with E-state index < -0.39 is 0 Å². The second-order valence-electron chi connectivity index (χ2n) is 7.15. The van der Waals surface area contributed by atoms with Crippen LogP contribution in [0.4, 0.5) is 0 Å². The molecule has 3 rings (SSSR count). The van der Waals surface area contributed by atoms with Gasteiger partial charge in [0.15, 0.2) is 0 Å². The highest BCUT2D eigenvalue weighted by molar-refractivity contribution is 5.27. The summed E-state index contributed by atoms with van der Waals surface area (Å²) in [7, 11) is 0. The molecule has 23 heavy (non-hydrogen) atoms. The second kappa shape index (κ2) is 6.76. The Bertz CT molecular complexity index is 622. The van der Waals surface area contributed by atoms with Crippen LogP contribution in [0.15, 0.2) is 54.6 Å². The fraction of sp³-hybridized carbons (Fsp3) is 0.429. The number of benzene rings is 2. The van der Waals surface area contributed by atoms with Crippen LogP contribution in [0, 0.1) is 5.92 Å². The SMILES string of the molecule is C[C@H]1CN(CCc2ccc(O)cc2)CC[C@]1(C)c1ccccc1. The third-order valence-corrected chi connectivity index (χ3v) is 5.65. The molecule has 0 saturated carbocycles. The molecule has 0 aromatic heterocycles. The highest BCUT2D eigenvalue weighted by Crippen LogP contribution is 2.39. The van der Waals surface area contributed by atoms with Crippen molar-refractivity contribution in [1.29, 1.82) is 0 Å². The Hall–Kier alpha value is -1.80. The average Bonchev–Trinajstić information content (AvgIpc) is 2.58. The highest BCUT2D eigenvalue weighted by atomic mass is 16.3. The fourth-order valence-electron chi connectivity index (χ4n) is 3.72. The largest absolute Gasteiger partial charge is 0.508 e. The molecule has 0 amide bonds. The van der Waals surface area contributed by atoms with Crippen LogP contribution in [0.1, 0.15) is 31.4 Å². The smallest absolute Gasteiger partial charge is 0.115 e. The van der Waals surface area contributed by atoms with Gasteiger partial charge in [0.1, 0.15) is 5.75 Å². The van der Waals surface area contributed by atoms with Crippen LogP contribution in [0.2, 0.25) is 0 Å². The van der Waals surface area contributed by atoms with Gasteiger partial charge in [0.25, 0.3) is 0 Å². The Labute approximate surface area is 139 Å². The summed E-state index contributed by atoms with van der Waals surface area (Å²) in [6, 6.07) is 18.6. The van der Waals surface area contributed by atoms with Gasteiger partial charge in [0, 0.05) is 13.1 Å². The first kappa shape index (κ1) is 16.1. The number of piperidine rings is 1. The van der Waals surface area contributed by atoms with Crippen LogP contribution in [0.25, 0.3) is 0 Å². The molecule has 1 aliphatic heterocycles. The summed E-state index contributed by atoms with van der Waals surface area (Å²) in [5.41, 5.74) is 3.06. The summed E-state index contributed by atoms with van der Waals surface area (Å²) in [5, 5.41) is 9.36. The van der Waals surface area contributed by atoms with Gasteiger partial charge in [0.05, 0.1) is 0 Å². The van der Waals surface area contributed by atoms with Gasteiger partial charge in [-0.1, -0.05) is 56.3 Å². The van der Waals surface area contributed by atoms with E-state index in [4.69, 9.17) is 0 Å². The van der Waals surface area contributed by atoms with E-state index in [0.29, 0.717) is 11.7 Å². The Morgan fingerprint density at radius 1 is 1.09 bits per heavy atom. The minimum absolute atomic E-state index is 0.288. The zero-order valence-corrected chi connectivity index (χ0v) is 14.2. The van der Waals surface area contributed by atoms with Gasteiger partial charge in [-0.25, -0.2) is 0 Å². The Kier molecular flexibility index (Phi) is 4.72. The molecular weight excluding hydrogens is 282 g/mol. The molecule has 1 saturated heterocycles. The third-order valence-electron chi connectivity index (χ3n) is 5.65. The molecule has 2 atom stereocenters. The molecule has 122 valence electrons. The Balaban J connectivity index is 1.59. The predicted molar refractivity (Wildman–Crippen MR) is 95.8 cm³/mol. The molecule has 2 heteroatoms. The van der Waals surface area contributed by atoms with Gasteiger partial charge < -0.3 is 10.0 Å². The summed E-state index contributed by atoms with van der Waals surface area (Å²) < 4.78 is 0. The van der Waals surface area contributed by atoms with Crippen LogP contribution < -0.4 is 0 Å². The predicted octanol–water partition coefficient (Wildman–Crippen LogP) is 4.23. The van der Waals surface area contributed by atoms with Gasteiger partial charge in [-0.15, -0.1) is 0 Å². The van der Waals surface area contributed by atoms with E-state index in [1.54, 1.807) is 12.1 Å². The van der Waals surface area contributed by atoms with Gasteiger partial charge in [-0.05, 0) is 54.0 Å². The topological polar surface area (TPSA) is 23.5 Å². The van der Waals surface area contributed by atoms with Crippen molar-refractivity contribution in [2.24, 2.45) is 5.92 Å². The normalized spacial score (nSPS) is 25.4. The summed E-state index contributed by atoms with van der Waals surface area (Å²) in [4.78, 5) is 2.59. The lowest BCUT2D eigenvalue weighted by Crippen LogP contribution is -2.47. The molecule has 1 aliphatic rings. The molecule has 1 heterocycles. The van der Waals surface area contributed by atoms with Crippen LogP contribution in [-0.4, -0.2) is 29.6 Å². The molecule has 2 aromatic carbocycles. The monoisotopic (exact) mass is 309 g/mol. The van der Waals surface area contributed by atoms with Crippen molar-refractivity contribution >= 4 is 0 Å². The van der Waals surface area contributed by atoms with Crippen LogP contribution in [0.5, 0.6) is 5.75 Å². The highest BCUT2D eigenvalue weighted by Gasteiger charge is 2.37. The van der Waals surface area contributed by atoms with Crippen molar-refractivity contribution in [2.75, 3.05) is 19.6 Å². The van der Waals surface area contributed by atoms with E-state index in [1.165, 1.54) is 17.5 Å². The molecule has 2 aromatic rings. The number of hydrogen-bond donors (Lipinski definition) is 1. The lowest BCUT2D eigenvalue weighted by atomic mass is 9.68. The van der Waals surface area contributed by atoms with E-state index in [-0.39, 0.29) is 5.41 Å². The van der Waals surface area contributed by atoms with Crippen LogP contribution in [0.3, 0.4) is 0 Å². The standard InChI is InChI=1S/C21H27NO/c1-17-16-22(14-12-18-8-10-20(23)11-9-18)15-13-21(17,2)19-6-4-3-5-7-19/h3-11,17,23H,12-16H2,1-2H3/t17-,21-/m0/s1. The summed E-state index contributed by atoms with van der Waals surface area (Å²) >= 11 is 0. The lowest BCUT2D eigenvalue weighted by Gasteiger charge is -2.45. The molecule has 0 bridgehead atoms. The fourth-order valence-corrected chi connectivity index (χ4v) is 3.72. The number of phenols is 1. The second-order valence-corrected chi connectivity index (χ2v) is 7.15. The van der Waals surface area contributed by atoms with Crippen LogP contribution >= 0.6 is 0 Å². The van der Waals surface area contributed by atoms with Crippen molar-refractivity contribution < 1.29 is 5.11 Å². The molecule has 1 fully saturated rings.